The van der Waals surface area contributed by atoms with Crippen molar-refractivity contribution in [1.29, 1.82) is 0 Å². The van der Waals surface area contributed by atoms with Gasteiger partial charge in [0, 0.05) is 28.0 Å². The molecule has 0 saturated carbocycles. The Morgan fingerprint density at radius 3 is 2.55 bits per heavy atom. The number of aromatic nitrogens is 2. The third kappa shape index (κ3) is 5.40. The zero-order chi connectivity index (χ0) is 30.1. The second-order valence-electron chi connectivity index (χ2n) is 9.63. The van der Waals surface area contributed by atoms with Crippen LogP contribution < -0.4 is 11.1 Å². The fourth-order valence-electron chi connectivity index (χ4n) is 4.99. The normalized spacial score (nSPS) is 16.4. The fraction of sp³-hybridized carbons (Fsp3) is 0.207. The van der Waals surface area contributed by atoms with Gasteiger partial charge in [-0.05, 0) is 30.3 Å². The van der Waals surface area contributed by atoms with Crippen LogP contribution in [0.5, 0.6) is 0 Å². The standard InChI is InChI=1S/C29H24ClF2N5O5/c1-42-29(41)15-9-10-22-19(11-15)26(27(33)39)35-37(22)14-24(38)36-13-16(31)12-23(36)28(40)34-21-8-4-6-18(25(21)32)17-5-2-3-7-20(17)30/h2-11,16,23H,12-14H2,1H3,(H2,33,39)(H,34,40)/t16-,23+/m1/s1. The number of primary amides is 1. The topological polar surface area (TPSA) is 137 Å². The van der Waals surface area contributed by atoms with E-state index in [-0.39, 0.29) is 40.9 Å². The van der Waals surface area contributed by atoms with E-state index in [1.807, 2.05) is 0 Å². The summed E-state index contributed by atoms with van der Waals surface area (Å²) in [7, 11) is 1.20. The lowest BCUT2D eigenvalue weighted by atomic mass is 10.0. The molecule has 0 radical (unpaired) electrons. The van der Waals surface area contributed by atoms with E-state index >= 15 is 4.39 Å². The summed E-state index contributed by atoms with van der Waals surface area (Å²) in [6.07, 6.45) is -1.79. The highest BCUT2D eigenvalue weighted by atomic mass is 35.5. The number of nitrogens with one attached hydrogen (secondary N) is 1. The van der Waals surface area contributed by atoms with Gasteiger partial charge in [0.05, 0.1) is 30.4 Å². The minimum Gasteiger partial charge on any atom is -0.465 e. The Bertz CT molecular complexity index is 1740. The summed E-state index contributed by atoms with van der Waals surface area (Å²) < 4.78 is 35.9. The first-order chi connectivity index (χ1) is 20.1. The quantitative estimate of drug-likeness (QED) is 0.310. The molecule has 1 aromatic heterocycles. The largest absolute Gasteiger partial charge is 0.465 e. The third-order valence-corrected chi connectivity index (χ3v) is 7.31. The lowest BCUT2D eigenvalue weighted by molar-refractivity contribution is -0.137. The molecular formula is C29H24ClF2N5O5. The Labute approximate surface area is 243 Å². The van der Waals surface area contributed by atoms with E-state index in [0.717, 1.165) is 4.90 Å². The molecule has 0 bridgehead atoms. The van der Waals surface area contributed by atoms with Crippen molar-refractivity contribution in [2.75, 3.05) is 19.0 Å². The van der Waals surface area contributed by atoms with Gasteiger partial charge >= 0.3 is 5.97 Å². The minimum absolute atomic E-state index is 0.140. The molecule has 1 saturated heterocycles. The molecule has 216 valence electrons. The van der Waals surface area contributed by atoms with E-state index in [9.17, 15) is 23.6 Å². The number of carbonyl (C=O) groups is 4. The highest BCUT2D eigenvalue weighted by molar-refractivity contribution is 6.33. The Hall–Kier alpha value is -4.84. The first-order valence-electron chi connectivity index (χ1n) is 12.8. The van der Waals surface area contributed by atoms with Gasteiger partial charge < -0.3 is 20.7 Å². The summed E-state index contributed by atoms with van der Waals surface area (Å²) in [5.41, 5.74) is 6.15. The van der Waals surface area contributed by atoms with E-state index in [0.29, 0.717) is 16.1 Å². The second kappa shape index (κ2) is 11.6. The van der Waals surface area contributed by atoms with Gasteiger partial charge in [-0.3, -0.25) is 19.1 Å². The average molecular weight is 596 g/mol. The van der Waals surface area contributed by atoms with Crippen molar-refractivity contribution >= 4 is 51.9 Å². The maximum atomic E-state index is 15.4. The lowest BCUT2D eigenvalue weighted by Crippen LogP contribution is -2.44. The van der Waals surface area contributed by atoms with Crippen LogP contribution in [0.25, 0.3) is 22.0 Å². The van der Waals surface area contributed by atoms with E-state index in [1.54, 1.807) is 24.3 Å². The van der Waals surface area contributed by atoms with Gasteiger partial charge in [-0.1, -0.05) is 41.9 Å². The first kappa shape index (κ1) is 28.7. The second-order valence-corrected chi connectivity index (χ2v) is 10.0. The van der Waals surface area contributed by atoms with Crippen molar-refractivity contribution in [3.8, 4) is 11.1 Å². The van der Waals surface area contributed by atoms with Crippen molar-refractivity contribution in [1.82, 2.24) is 14.7 Å². The number of amides is 3. The lowest BCUT2D eigenvalue weighted by Gasteiger charge is -2.24. The number of halogens is 3. The summed E-state index contributed by atoms with van der Waals surface area (Å²) in [6, 6.07) is 14.1. The predicted molar refractivity (Wildman–Crippen MR) is 150 cm³/mol. The molecule has 1 aliphatic rings. The third-order valence-electron chi connectivity index (χ3n) is 6.98. The van der Waals surface area contributed by atoms with Crippen LogP contribution in [0, 0.1) is 5.82 Å². The van der Waals surface area contributed by atoms with Gasteiger partial charge in [0.15, 0.2) is 11.5 Å². The number of benzene rings is 3. The van der Waals surface area contributed by atoms with Crippen molar-refractivity contribution in [2.24, 2.45) is 5.73 Å². The van der Waals surface area contributed by atoms with Crippen LogP contribution in [0.15, 0.2) is 60.7 Å². The van der Waals surface area contributed by atoms with E-state index in [4.69, 9.17) is 22.1 Å². The Morgan fingerprint density at radius 1 is 1.10 bits per heavy atom. The van der Waals surface area contributed by atoms with Gasteiger partial charge in [-0.25, -0.2) is 13.6 Å². The van der Waals surface area contributed by atoms with Crippen LogP contribution in [0.2, 0.25) is 5.02 Å². The first-order valence-corrected chi connectivity index (χ1v) is 13.1. The molecule has 0 aliphatic carbocycles. The number of hydrogen-bond donors (Lipinski definition) is 2. The van der Waals surface area contributed by atoms with Crippen molar-refractivity contribution < 1.29 is 32.7 Å². The smallest absolute Gasteiger partial charge is 0.337 e. The summed E-state index contributed by atoms with van der Waals surface area (Å²) in [4.78, 5) is 51.6. The number of ether oxygens (including phenoxy) is 1. The van der Waals surface area contributed by atoms with Crippen LogP contribution in [0.1, 0.15) is 27.3 Å². The number of nitrogens with two attached hydrogens (primary N) is 1. The van der Waals surface area contributed by atoms with Crippen LogP contribution in [-0.2, 0) is 20.9 Å². The van der Waals surface area contributed by atoms with Crippen molar-refractivity contribution in [3.05, 3.63) is 82.8 Å². The fourth-order valence-corrected chi connectivity index (χ4v) is 5.22. The molecule has 2 heterocycles. The van der Waals surface area contributed by atoms with Gasteiger partial charge in [-0.2, -0.15) is 5.10 Å². The number of nitrogens with zero attached hydrogens (tertiary/aromatic N) is 3. The number of anilines is 1. The molecule has 3 N–H and O–H groups in total. The molecular weight excluding hydrogens is 572 g/mol. The molecule has 1 fully saturated rings. The number of rotatable bonds is 7. The number of alkyl halides is 1. The molecule has 1 aliphatic heterocycles. The van der Waals surface area contributed by atoms with Crippen molar-refractivity contribution in [2.45, 2.75) is 25.2 Å². The number of methoxy groups -OCH3 is 1. The van der Waals surface area contributed by atoms with Gasteiger partial charge in [-0.15, -0.1) is 0 Å². The van der Waals surface area contributed by atoms with Crippen LogP contribution in [0.3, 0.4) is 0 Å². The summed E-state index contributed by atoms with van der Waals surface area (Å²) in [5, 5.41) is 7.14. The van der Waals surface area contributed by atoms with Crippen LogP contribution >= 0.6 is 11.6 Å². The van der Waals surface area contributed by atoms with Crippen LogP contribution in [0.4, 0.5) is 14.5 Å². The average Bonchev–Trinajstić information content (AvgIpc) is 3.54. The van der Waals surface area contributed by atoms with Gasteiger partial charge in [0.2, 0.25) is 11.8 Å². The Morgan fingerprint density at radius 2 is 1.83 bits per heavy atom. The molecule has 10 nitrogen and oxygen atoms in total. The molecule has 13 heteroatoms. The molecule has 0 unspecified atom stereocenters. The summed E-state index contributed by atoms with van der Waals surface area (Å²) in [5.74, 6) is -3.72. The number of fused-ring (bicyclic) bond motifs is 1. The number of carbonyl (C=O) groups excluding carboxylic acids is 4. The number of likely N-dealkylation sites (tertiary alicyclic amines) is 1. The maximum Gasteiger partial charge on any atom is 0.337 e. The molecule has 42 heavy (non-hydrogen) atoms. The highest BCUT2D eigenvalue weighted by Crippen LogP contribution is 2.33. The maximum absolute atomic E-state index is 15.4. The Balaban J connectivity index is 1.39. The zero-order valence-electron chi connectivity index (χ0n) is 22.1. The molecule has 3 amide bonds. The zero-order valence-corrected chi connectivity index (χ0v) is 22.9. The Kier molecular flexibility index (Phi) is 7.90. The predicted octanol–water partition coefficient (Wildman–Crippen LogP) is 3.96. The minimum atomic E-state index is -1.50. The highest BCUT2D eigenvalue weighted by Gasteiger charge is 2.40. The monoisotopic (exact) mass is 595 g/mol. The van der Waals surface area contributed by atoms with Crippen molar-refractivity contribution in [3.63, 3.8) is 0 Å². The number of esters is 1. The van der Waals surface area contributed by atoms with E-state index in [2.05, 4.69) is 10.4 Å². The molecule has 3 aromatic carbocycles. The summed E-state index contributed by atoms with van der Waals surface area (Å²) in [6.45, 7) is -0.832. The summed E-state index contributed by atoms with van der Waals surface area (Å²) >= 11 is 6.22. The van der Waals surface area contributed by atoms with Gasteiger partial charge in [0.25, 0.3) is 5.91 Å². The molecule has 0 spiro atoms. The molecule has 5 rings (SSSR count). The number of hydrogen-bond acceptors (Lipinski definition) is 6. The van der Waals surface area contributed by atoms with Crippen LogP contribution in [-0.4, -0.2) is 64.2 Å². The van der Waals surface area contributed by atoms with E-state index in [1.165, 1.54) is 48.2 Å². The van der Waals surface area contributed by atoms with E-state index < -0.39 is 48.3 Å². The molecule has 2 atom stereocenters. The SMILES string of the molecule is COC(=O)c1ccc2c(c1)c(C(N)=O)nn2CC(=O)N1C[C@H](F)C[C@H]1C(=O)Nc1cccc(-c2ccccc2Cl)c1F. The van der Waals surface area contributed by atoms with Gasteiger partial charge in [0.1, 0.15) is 18.8 Å². The molecule has 4 aromatic rings.